The average Bonchev–Trinajstić information content (AvgIpc) is 0.918. The standard InChI is InChI=1S/Mo.H2O.H2P.V/h;2*1H2;/q+2;;-1;/p-1. The van der Waals surface area contributed by atoms with Gasteiger partial charge in [0.2, 0.25) is 0 Å². The van der Waals surface area contributed by atoms with Crippen LogP contribution in [0, 0.1) is 0 Å². The van der Waals surface area contributed by atoms with Gasteiger partial charge in [-0.3, -0.25) is 0 Å². The van der Waals surface area contributed by atoms with E-state index in [0.717, 1.165) is 0 Å². The summed E-state index contributed by atoms with van der Waals surface area (Å²) in [6, 6.07) is 0. The van der Waals surface area contributed by atoms with E-state index in [0.29, 0.717) is 0 Å². The number of hydrogen-bond acceptors (Lipinski definition) is 1. The molecule has 0 aromatic rings. The van der Waals surface area contributed by atoms with Crippen molar-refractivity contribution in [3.05, 3.63) is 0 Å². The third-order valence-electron chi connectivity index (χ3n) is 0. The normalized spacial score (nSPS) is 4.50. The first-order valence-corrected chi connectivity index (χ1v) is 5.26. The monoisotopic (exact) mass is 199 g/mol. The molecule has 0 spiro atoms. The van der Waals surface area contributed by atoms with E-state index in [1.807, 2.05) is 0 Å². The van der Waals surface area contributed by atoms with Crippen LogP contribution in [0.15, 0.2) is 0 Å². The second-order valence-electron chi connectivity index (χ2n) is 0.105. The van der Waals surface area contributed by atoms with Crippen molar-refractivity contribution in [3.8, 4) is 0 Å². The molecule has 0 aromatic carbocycles. The summed E-state index contributed by atoms with van der Waals surface area (Å²) < 4.78 is 7.66. The second kappa shape index (κ2) is 8.82. The van der Waals surface area contributed by atoms with E-state index in [2.05, 4.69) is 7.33 Å². The van der Waals surface area contributed by atoms with Crippen LogP contribution >= 0.6 is 7.33 Å². The van der Waals surface area contributed by atoms with Gasteiger partial charge in [0.1, 0.15) is 0 Å². The van der Waals surface area contributed by atoms with Gasteiger partial charge in [0.25, 0.3) is 0 Å². The summed E-state index contributed by atoms with van der Waals surface area (Å²) in [6.45, 7) is 0. The molecule has 25 valence electrons. The maximum absolute atomic E-state index is 7.66. The van der Waals surface area contributed by atoms with Crippen LogP contribution in [-0.4, -0.2) is 3.76 Å². The van der Waals surface area contributed by atoms with E-state index in [9.17, 15) is 0 Å². The van der Waals surface area contributed by atoms with Crippen LogP contribution in [0.4, 0.5) is 0 Å². The molecule has 1 unspecified atom stereocenters. The van der Waals surface area contributed by atoms with Gasteiger partial charge in [-0.15, -0.1) is 0 Å². The molecule has 0 aliphatic rings. The van der Waals surface area contributed by atoms with Gasteiger partial charge in [0.05, 0.1) is 0 Å². The molecule has 0 bridgehead atoms. The van der Waals surface area contributed by atoms with Crippen molar-refractivity contribution >= 4 is 7.33 Å². The minimum atomic E-state index is -0.613. The van der Waals surface area contributed by atoms with Gasteiger partial charge in [0.15, 0.2) is 0 Å². The summed E-state index contributed by atoms with van der Waals surface area (Å²) in [7, 11) is 2.26. The first kappa shape index (κ1) is 9.18. The van der Waals surface area contributed by atoms with Crippen molar-refractivity contribution in [2.45, 2.75) is 0 Å². The Morgan fingerprint density at radius 3 is 1.75 bits per heavy atom. The quantitative estimate of drug-likeness (QED) is 0.419. The summed E-state index contributed by atoms with van der Waals surface area (Å²) >= 11 is -0.613. The molecule has 0 aliphatic carbocycles. The molecule has 0 saturated carbocycles. The first-order chi connectivity index (χ1) is 1.41. The van der Waals surface area contributed by atoms with Gasteiger partial charge >= 0.3 is 29.5 Å². The third-order valence-corrected chi connectivity index (χ3v) is 0. The molecule has 1 N–H and O–H groups in total. The molecule has 1 nitrogen and oxygen atoms in total. The molecule has 1 atom stereocenters. The molecule has 0 aromatic heterocycles. The zero-order valence-corrected chi connectivity index (χ0v) is 6.44. The first-order valence-electron chi connectivity index (χ1n) is 0.418. The van der Waals surface area contributed by atoms with Crippen molar-refractivity contribution in [2.24, 2.45) is 0 Å². The molecule has 4 heteroatoms. The van der Waals surface area contributed by atoms with Gasteiger partial charge in [-0.2, -0.15) is 0 Å². The third kappa shape index (κ3) is 9.39. The van der Waals surface area contributed by atoms with Gasteiger partial charge in [-0.25, -0.2) is 0 Å². The molecule has 0 amide bonds. The Bertz CT molecular complexity index is 8.00. The summed E-state index contributed by atoms with van der Waals surface area (Å²) in [5.74, 6) is 0. The van der Waals surface area contributed by atoms with Crippen LogP contribution in [0.2, 0.25) is 0 Å². The fourth-order valence-electron chi connectivity index (χ4n) is 0. The van der Waals surface area contributed by atoms with Crippen molar-refractivity contribution in [2.75, 3.05) is 0 Å². The number of hydrogen-bond donors (Lipinski definition) is 1. The van der Waals surface area contributed by atoms with Crippen LogP contribution in [0.3, 0.4) is 0 Å². The Labute approximate surface area is 48.1 Å². The predicted octanol–water partition coefficient (Wildman–Crippen LogP) is -0.236. The zero-order chi connectivity index (χ0) is 2.71. The molecule has 0 aliphatic heterocycles. The SMILES string of the molecule is [OH][Mo][PH2].[V]. The van der Waals surface area contributed by atoms with E-state index >= 15 is 0 Å². The second-order valence-corrected chi connectivity index (χ2v) is 1.87. The zero-order valence-electron chi connectivity index (χ0n) is 1.88. The van der Waals surface area contributed by atoms with Gasteiger partial charge in [-0.1, -0.05) is 0 Å². The molecule has 0 heterocycles. The van der Waals surface area contributed by atoms with Crippen LogP contribution in [0.5, 0.6) is 0 Å². The van der Waals surface area contributed by atoms with E-state index in [-0.39, 0.29) is 18.6 Å². The Morgan fingerprint density at radius 1 is 1.75 bits per heavy atom. The molecule has 0 fully saturated rings. The Balaban J connectivity index is 0. The predicted molar refractivity (Wildman–Crippen MR) is 11.9 cm³/mol. The van der Waals surface area contributed by atoms with Crippen molar-refractivity contribution in [1.82, 2.24) is 0 Å². The average molecular weight is 197 g/mol. The van der Waals surface area contributed by atoms with Crippen molar-refractivity contribution in [3.63, 3.8) is 0 Å². The summed E-state index contributed by atoms with van der Waals surface area (Å²) in [6.07, 6.45) is 0. The summed E-state index contributed by atoms with van der Waals surface area (Å²) in [5, 5.41) is 0. The fourth-order valence-corrected chi connectivity index (χ4v) is 0. The van der Waals surface area contributed by atoms with Crippen LogP contribution in [-0.2, 0) is 37.0 Å². The molecular formula is H3MoOPV. The molecular weight excluding hydrogens is 194 g/mol. The van der Waals surface area contributed by atoms with E-state index in [1.165, 1.54) is 0 Å². The Hall–Kier alpha value is 1.66. The van der Waals surface area contributed by atoms with Crippen molar-refractivity contribution < 1.29 is 40.8 Å². The minimum Gasteiger partial charge on any atom is 0 e. The fraction of sp³-hybridized carbons (Fsp3) is 0. The van der Waals surface area contributed by atoms with E-state index < -0.39 is 18.4 Å². The molecule has 4 heavy (non-hydrogen) atoms. The van der Waals surface area contributed by atoms with Gasteiger partial charge < -0.3 is 0 Å². The summed E-state index contributed by atoms with van der Waals surface area (Å²) in [5.41, 5.74) is 0. The maximum atomic E-state index is 7.66. The van der Waals surface area contributed by atoms with Gasteiger partial charge in [-0.05, 0) is 0 Å². The van der Waals surface area contributed by atoms with Crippen molar-refractivity contribution in [1.29, 1.82) is 0 Å². The molecule has 0 rings (SSSR count). The maximum Gasteiger partial charge on any atom is 0 e. The Morgan fingerprint density at radius 2 is 1.75 bits per heavy atom. The molecule has 1 radical (unpaired) electrons. The van der Waals surface area contributed by atoms with Crippen LogP contribution < -0.4 is 0 Å². The van der Waals surface area contributed by atoms with Crippen LogP contribution in [0.1, 0.15) is 0 Å². The van der Waals surface area contributed by atoms with E-state index in [4.69, 9.17) is 3.76 Å². The topological polar surface area (TPSA) is 20.2 Å². The summed E-state index contributed by atoms with van der Waals surface area (Å²) in [4.78, 5) is 0. The van der Waals surface area contributed by atoms with Gasteiger partial charge in [0, 0.05) is 18.6 Å². The number of rotatable bonds is 0. The van der Waals surface area contributed by atoms with Crippen LogP contribution in [0.25, 0.3) is 0 Å². The minimum absolute atomic E-state index is 0. The van der Waals surface area contributed by atoms with E-state index in [1.54, 1.807) is 0 Å². The smallest absolute Gasteiger partial charge is 0 e. The largest absolute Gasteiger partial charge is 0 e. The Kier molecular flexibility index (Phi) is 20.2. The molecule has 0 saturated heterocycles.